The number of hydrogen-bond acceptors (Lipinski definition) is 3. The van der Waals surface area contributed by atoms with E-state index in [4.69, 9.17) is 11.5 Å². The Hall–Kier alpha value is -0.930. The summed E-state index contributed by atoms with van der Waals surface area (Å²) < 4.78 is 0. The predicted octanol–water partition coefficient (Wildman–Crippen LogP) is 0.875. The van der Waals surface area contributed by atoms with Crippen LogP contribution in [0.25, 0.3) is 0 Å². The van der Waals surface area contributed by atoms with Crippen molar-refractivity contribution in [3.8, 4) is 0 Å². The van der Waals surface area contributed by atoms with Crippen LogP contribution in [0.15, 0.2) is 18.5 Å². The van der Waals surface area contributed by atoms with Crippen LogP contribution in [0.2, 0.25) is 0 Å². The molecule has 1 saturated carbocycles. The minimum atomic E-state index is -0.392. The standard InChI is InChI=1S/C9H13N3/c10-9(11)8-3-7(4-12-5-8)6-1-2-6/h3-6,9H,1-2,10-11H2. The van der Waals surface area contributed by atoms with Crippen LogP contribution in [0.1, 0.15) is 36.1 Å². The Balaban J connectivity index is 2.26. The van der Waals surface area contributed by atoms with E-state index < -0.39 is 6.17 Å². The van der Waals surface area contributed by atoms with E-state index in [-0.39, 0.29) is 0 Å². The first-order valence-electron chi connectivity index (χ1n) is 4.23. The Morgan fingerprint density at radius 1 is 1.33 bits per heavy atom. The van der Waals surface area contributed by atoms with Gasteiger partial charge in [-0.2, -0.15) is 0 Å². The van der Waals surface area contributed by atoms with E-state index in [1.807, 2.05) is 6.20 Å². The highest BCUT2D eigenvalue weighted by Gasteiger charge is 2.23. The lowest BCUT2D eigenvalue weighted by atomic mass is 10.1. The molecule has 1 aromatic rings. The summed E-state index contributed by atoms with van der Waals surface area (Å²) in [6, 6.07) is 2.06. The molecule has 4 N–H and O–H groups in total. The van der Waals surface area contributed by atoms with Gasteiger partial charge in [0.1, 0.15) is 0 Å². The monoisotopic (exact) mass is 163 g/mol. The summed E-state index contributed by atoms with van der Waals surface area (Å²) in [4.78, 5) is 4.11. The zero-order valence-corrected chi connectivity index (χ0v) is 6.90. The van der Waals surface area contributed by atoms with Crippen LogP contribution in [0.4, 0.5) is 0 Å². The van der Waals surface area contributed by atoms with Gasteiger partial charge in [0.15, 0.2) is 0 Å². The van der Waals surface area contributed by atoms with Crippen molar-refractivity contribution < 1.29 is 0 Å². The van der Waals surface area contributed by atoms with Gasteiger partial charge in [-0.3, -0.25) is 4.98 Å². The first-order valence-corrected chi connectivity index (χ1v) is 4.23. The molecule has 0 spiro atoms. The predicted molar refractivity (Wildman–Crippen MR) is 47.3 cm³/mol. The van der Waals surface area contributed by atoms with Gasteiger partial charge < -0.3 is 11.5 Å². The normalized spacial score (nSPS) is 16.9. The van der Waals surface area contributed by atoms with Gasteiger partial charge >= 0.3 is 0 Å². The van der Waals surface area contributed by atoms with E-state index in [1.54, 1.807) is 6.20 Å². The van der Waals surface area contributed by atoms with Gasteiger partial charge in [0.05, 0.1) is 6.17 Å². The summed E-state index contributed by atoms with van der Waals surface area (Å²) in [7, 11) is 0. The summed E-state index contributed by atoms with van der Waals surface area (Å²) in [5, 5.41) is 0. The third-order valence-corrected chi connectivity index (χ3v) is 2.21. The second-order valence-electron chi connectivity index (χ2n) is 3.35. The van der Waals surface area contributed by atoms with Crippen molar-refractivity contribution in [3.63, 3.8) is 0 Å². The number of pyridine rings is 1. The van der Waals surface area contributed by atoms with Gasteiger partial charge in [0.2, 0.25) is 0 Å². The molecule has 2 rings (SSSR count). The topological polar surface area (TPSA) is 64.9 Å². The van der Waals surface area contributed by atoms with Crippen LogP contribution < -0.4 is 11.5 Å². The first kappa shape index (κ1) is 7.71. The highest BCUT2D eigenvalue weighted by Crippen LogP contribution is 2.39. The fraction of sp³-hybridized carbons (Fsp3) is 0.444. The molecule has 0 bridgehead atoms. The molecule has 12 heavy (non-hydrogen) atoms. The van der Waals surface area contributed by atoms with Crippen LogP contribution in [-0.4, -0.2) is 4.98 Å². The number of rotatable bonds is 2. The lowest BCUT2D eigenvalue weighted by molar-refractivity contribution is 0.765. The molecule has 64 valence electrons. The Bertz CT molecular complexity index is 262. The molecule has 1 aliphatic carbocycles. The number of hydrogen-bond donors (Lipinski definition) is 2. The van der Waals surface area contributed by atoms with E-state index in [9.17, 15) is 0 Å². The number of nitrogens with zero attached hydrogens (tertiary/aromatic N) is 1. The summed E-state index contributed by atoms with van der Waals surface area (Å²) >= 11 is 0. The van der Waals surface area contributed by atoms with Crippen molar-refractivity contribution in [2.24, 2.45) is 11.5 Å². The third-order valence-electron chi connectivity index (χ3n) is 2.21. The lowest BCUT2D eigenvalue weighted by Gasteiger charge is -2.06. The maximum absolute atomic E-state index is 5.54. The highest BCUT2D eigenvalue weighted by molar-refractivity contribution is 5.26. The minimum Gasteiger partial charge on any atom is -0.312 e. The van der Waals surface area contributed by atoms with E-state index >= 15 is 0 Å². The van der Waals surface area contributed by atoms with E-state index in [1.165, 1.54) is 18.4 Å². The Morgan fingerprint density at radius 3 is 2.67 bits per heavy atom. The molecule has 0 unspecified atom stereocenters. The molecule has 0 saturated heterocycles. The van der Waals surface area contributed by atoms with Crippen molar-refractivity contribution in [1.82, 2.24) is 4.98 Å². The molecule has 3 heteroatoms. The zero-order valence-electron chi connectivity index (χ0n) is 6.90. The van der Waals surface area contributed by atoms with Crippen molar-refractivity contribution >= 4 is 0 Å². The largest absolute Gasteiger partial charge is 0.312 e. The molecule has 1 heterocycles. The molecule has 0 radical (unpaired) electrons. The molecule has 1 fully saturated rings. The van der Waals surface area contributed by atoms with Crippen molar-refractivity contribution in [3.05, 3.63) is 29.6 Å². The summed E-state index contributed by atoms with van der Waals surface area (Å²) in [6.45, 7) is 0. The van der Waals surface area contributed by atoms with Crippen LogP contribution in [0.3, 0.4) is 0 Å². The van der Waals surface area contributed by atoms with Crippen molar-refractivity contribution in [2.75, 3.05) is 0 Å². The fourth-order valence-corrected chi connectivity index (χ4v) is 1.30. The van der Waals surface area contributed by atoms with E-state index in [2.05, 4.69) is 11.1 Å². The molecule has 0 aliphatic heterocycles. The summed E-state index contributed by atoms with van der Waals surface area (Å²) in [5.74, 6) is 0.719. The number of nitrogens with two attached hydrogens (primary N) is 2. The number of aromatic nitrogens is 1. The van der Waals surface area contributed by atoms with Crippen LogP contribution >= 0.6 is 0 Å². The van der Waals surface area contributed by atoms with Gasteiger partial charge in [0, 0.05) is 18.0 Å². The molecule has 1 aromatic heterocycles. The first-order chi connectivity index (χ1) is 5.77. The lowest BCUT2D eigenvalue weighted by Crippen LogP contribution is -2.20. The SMILES string of the molecule is NC(N)c1cncc(C2CC2)c1. The minimum absolute atomic E-state index is 0.392. The van der Waals surface area contributed by atoms with Gasteiger partial charge in [0.25, 0.3) is 0 Å². The van der Waals surface area contributed by atoms with Crippen LogP contribution in [0.5, 0.6) is 0 Å². The maximum Gasteiger partial charge on any atom is 0.0799 e. The summed E-state index contributed by atoms with van der Waals surface area (Å²) in [6.07, 6.45) is 5.81. The van der Waals surface area contributed by atoms with E-state index in [0.29, 0.717) is 0 Å². The molecule has 1 aliphatic rings. The molecular formula is C9H13N3. The van der Waals surface area contributed by atoms with Gasteiger partial charge in [-0.1, -0.05) is 0 Å². The quantitative estimate of drug-likeness (QED) is 0.636. The average molecular weight is 163 g/mol. The van der Waals surface area contributed by atoms with Gasteiger partial charge in [-0.25, -0.2) is 0 Å². The van der Waals surface area contributed by atoms with Crippen molar-refractivity contribution in [1.29, 1.82) is 0 Å². The molecular weight excluding hydrogens is 150 g/mol. The second kappa shape index (κ2) is 2.84. The Labute approximate surface area is 71.8 Å². The molecule has 0 aromatic carbocycles. The van der Waals surface area contributed by atoms with Crippen molar-refractivity contribution in [2.45, 2.75) is 24.9 Å². The maximum atomic E-state index is 5.54. The van der Waals surface area contributed by atoms with Gasteiger partial charge in [-0.15, -0.1) is 0 Å². The van der Waals surface area contributed by atoms with E-state index in [0.717, 1.165) is 11.5 Å². The molecule has 0 amide bonds. The van der Waals surface area contributed by atoms with Crippen LogP contribution in [-0.2, 0) is 0 Å². The second-order valence-corrected chi connectivity index (χ2v) is 3.35. The zero-order chi connectivity index (χ0) is 8.55. The van der Waals surface area contributed by atoms with Crippen LogP contribution in [0, 0.1) is 0 Å². The Morgan fingerprint density at radius 2 is 2.08 bits per heavy atom. The summed E-state index contributed by atoms with van der Waals surface area (Å²) in [5.41, 5.74) is 13.3. The smallest absolute Gasteiger partial charge is 0.0799 e. The third kappa shape index (κ3) is 1.47. The fourth-order valence-electron chi connectivity index (χ4n) is 1.30. The van der Waals surface area contributed by atoms with Gasteiger partial charge in [-0.05, 0) is 30.4 Å². The molecule has 0 atom stereocenters. The Kier molecular flexibility index (Phi) is 1.83. The average Bonchev–Trinajstić information content (AvgIpc) is 2.87. The highest BCUT2D eigenvalue weighted by atomic mass is 14.9. The molecule has 3 nitrogen and oxygen atoms in total.